The van der Waals surface area contributed by atoms with Crippen LogP contribution in [0.5, 0.6) is 5.75 Å². The van der Waals surface area contributed by atoms with Gasteiger partial charge in [-0.1, -0.05) is 22.4 Å². The van der Waals surface area contributed by atoms with Crippen molar-refractivity contribution >= 4 is 15.9 Å². The maximum Gasteiger partial charge on any atom is 0.123 e. The summed E-state index contributed by atoms with van der Waals surface area (Å²) in [6, 6.07) is 4.75. The maximum atomic E-state index is 10.2. The van der Waals surface area contributed by atoms with Gasteiger partial charge in [-0.15, -0.1) is 0 Å². The second-order valence-corrected chi connectivity index (χ2v) is 7.07. The van der Waals surface area contributed by atoms with E-state index in [1.807, 2.05) is 13.0 Å². The van der Waals surface area contributed by atoms with E-state index in [-0.39, 0.29) is 0 Å². The molecule has 0 aliphatic carbocycles. The zero-order valence-electron chi connectivity index (χ0n) is 12.1. The third-order valence-corrected chi connectivity index (χ3v) is 5.12. The first-order chi connectivity index (χ1) is 9.63. The summed E-state index contributed by atoms with van der Waals surface area (Å²) in [5, 5.41) is 10.2. The summed E-state index contributed by atoms with van der Waals surface area (Å²) >= 11 is 3.53. The molecule has 1 atom stereocenters. The zero-order valence-corrected chi connectivity index (χ0v) is 13.7. The lowest BCUT2D eigenvalue weighted by Gasteiger charge is -2.44. The van der Waals surface area contributed by atoms with E-state index in [2.05, 4.69) is 31.8 Å². The highest BCUT2D eigenvalue weighted by Gasteiger charge is 2.29. The highest BCUT2D eigenvalue weighted by Crippen LogP contribution is 2.29. The minimum atomic E-state index is 0.458. The molecule has 2 fully saturated rings. The van der Waals surface area contributed by atoms with Gasteiger partial charge < -0.3 is 5.11 Å². The molecule has 1 aromatic carbocycles. The van der Waals surface area contributed by atoms with Crippen molar-refractivity contribution < 1.29 is 5.11 Å². The third kappa shape index (κ3) is 3.02. The van der Waals surface area contributed by atoms with Gasteiger partial charge in [-0.25, -0.2) is 0 Å². The van der Waals surface area contributed by atoms with Crippen LogP contribution in [0.15, 0.2) is 16.6 Å². The summed E-state index contributed by atoms with van der Waals surface area (Å²) in [7, 11) is 0. The van der Waals surface area contributed by atoms with Crippen LogP contribution in [0.2, 0.25) is 0 Å². The molecule has 3 nitrogen and oxygen atoms in total. The summed E-state index contributed by atoms with van der Waals surface area (Å²) in [4.78, 5) is 5.14. The molecule has 0 spiro atoms. The summed E-state index contributed by atoms with van der Waals surface area (Å²) in [5.74, 6) is 0.458. The molecule has 3 rings (SSSR count). The molecule has 110 valence electrons. The number of nitrogens with zero attached hydrogens (tertiary/aromatic N) is 2. The van der Waals surface area contributed by atoms with E-state index in [4.69, 9.17) is 0 Å². The number of aromatic hydroxyl groups is 1. The lowest BCUT2D eigenvalue weighted by Crippen LogP contribution is -2.54. The monoisotopic (exact) mass is 338 g/mol. The Kier molecular flexibility index (Phi) is 4.34. The fourth-order valence-corrected chi connectivity index (χ4v) is 4.15. The molecule has 2 saturated heterocycles. The molecule has 1 aromatic rings. The summed E-state index contributed by atoms with van der Waals surface area (Å²) < 4.78 is 1.05. The topological polar surface area (TPSA) is 26.7 Å². The SMILES string of the molecule is Cc1cc(Br)cc(CN2CCN3CCCCC3C2)c1O. The van der Waals surface area contributed by atoms with Gasteiger partial charge in [0.2, 0.25) is 0 Å². The van der Waals surface area contributed by atoms with Gasteiger partial charge in [-0.2, -0.15) is 0 Å². The quantitative estimate of drug-likeness (QED) is 0.897. The van der Waals surface area contributed by atoms with Crippen molar-refractivity contribution in [2.45, 2.75) is 38.8 Å². The largest absolute Gasteiger partial charge is 0.507 e. The van der Waals surface area contributed by atoms with Crippen LogP contribution >= 0.6 is 15.9 Å². The second kappa shape index (κ2) is 6.04. The van der Waals surface area contributed by atoms with Crippen LogP contribution in [0.1, 0.15) is 30.4 Å². The summed E-state index contributed by atoms with van der Waals surface area (Å²) in [6.07, 6.45) is 4.07. The molecule has 0 amide bonds. The van der Waals surface area contributed by atoms with Gasteiger partial charge >= 0.3 is 0 Å². The molecule has 2 heterocycles. The molecule has 2 aliphatic heterocycles. The van der Waals surface area contributed by atoms with E-state index < -0.39 is 0 Å². The van der Waals surface area contributed by atoms with Gasteiger partial charge in [0.15, 0.2) is 0 Å². The normalized spacial score (nSPS) is 24.6. The van der Waals surface area contributed by atoms with Crippen LogP contribution in [0, 0.1) is 6.92 Å². The van der Waals surface area contributed by atoms with Crippen LogP contribution < -0.4 is 0 Å². The lowest BCUT2D eigenvalue weighted by atomic mass is 9.99. The number of phenolic OH excluding ortho intramolecular Hbond substituents is 1. The molecule has 1 unspecified atom stereocenters. The molecule has 20 heavy (non-hydrogen) atoms. The minimum absolute atomic E-state index is 0.458. The van der Waals surface area contributed by atoms with Crippen molar-refractivity contribution in [2.24, 2.45) is 0 Å². The number of phenols is 1. The Labute approximate surface area is 129 Å². The van der Waals surface area contributed by atoms with Gasteiger partial charge in [0.25, 0.3) is 0 Å². The number of halogens is 1. The molecule has 4 heteroatoms. The highest BCUT2D eigenvalue weighted by atomic mass is 79.9. The van der Waals surface area contributed by atoms with Crippen LogP contribution in [0.4, 0.5) is 0 Å². The first-order valence-corrected chi connectivity index (χ1v) is 8.37. The predicted octanol–water partition coefficient (Wildman–Crippen LogP) is 3.13. The Morgan fingerprint density at radius 1 is 1.25 bits per heavy atom. The Bertz CT molecular complexity index is 492. The Morgan fingerprint density at radius 3 is 2.95 bits per heavy atom. The standard InChI is InChI=1S/C16H23BrN2O/c1-12-8-14(17)9-13(16(12)20)10-18-6-7-19-5-3-2-4-15(19)11-18/h8-9,15,20H,2-7,10-11H2,1H3. The maximum absolute atomic E-state index is 10.2. The van der Waals surface area contributed by atoms with Gasteiger partial charge in [0, 0.05) is 42.3 Å². The van der Waals surface area contributed by atoms with Crippen molar-refractivity contribution in [1.29, 1.82) is 0 Å². The number of hydrogen-bond acceptors (Lipinski definition) is 3. The smallest absolute Gasteiger partial charge is 0.123 e. The Morgan fingerprint density at radius 2 is 2.10 bits per heavy atom. The predicted molar refractivity (Wildman–Crippen MR) is 85.0 cm³/mol. The van der Waals surface area contributed by atoms with E-state index in [1.54, 1.807) is 0 Å². The summed E-state index contributed by atoms with van der Waals surface area (Å²) in [5.41, 5.74) is 1.99. The average molecular weight is 339 g/mol. The molecule has 1 N–H and O–H groups in total. The van der Waals surface area contributed by atoms with E-state index in [0.29, 0.717) is 5.75 Å². The molecule has 0 saturated carbocycles. The van der Waals surface area contributed by atoms with E-state index in [1.165, 1.54) is 32.4 Å². The Balaban J connectivity index is 1.69. The average Bonchev–Trinajstić information content (AvgIpc) is 2.44. The van der Waals surface area contributed by atoms with Crippen molar-refractivity contribution in [3.8, 4) is 5.75 Å². The van der Waals surface area contributed by atoms with E-state index in [9.17, 15) is 5.11 Å². The minimum Gasteiger partial charge on any atom is -0.507 e. The zero-order chi connectivity index (χ0) is 14.1. The van der Waals surface area contributed by atoms with Crippen LogP contribution in [-0.2, 0) is 6.54 Å². The van der Waals surface area contributed by atoms with Crippen molar-refractivity contribution in [1.82, 2.24) is 9.80 Å². The Hall–Kier alpha value is -0.580. The van der Waals surface area contributed by atoms with Crippen molar-refractivity contribution in [2.75, 3.05) is 26.2 Å². The number of hydrogen-bond donors (Lipinski definition) is 1. The number of aryl methyl sites for hydroxylation is 1. The third-order valence-electron chi connectivity index (χ3n) is 4.66. The molecule has 0 radical (unpaired) electrons. The number of piperazine rings is 1. The highest BCUT2D eigenvalue weighted by molar-refractivity contribution is 9.10. The molecule has 0 aromatic heterocycles. The van der Waals surface area contributed by atoms with E-state index >= 15 is 0 Å². The van der Waals surface area contributed by atoms with Gasteiger partial charge in [-0.05, 0) is 44.0 Å². The molecule has 2 aliphatic rings. The van der Waals surface area contributed by atoms with Gasteiger partial charge in [-0.3, -0.25) is 9.80 Å². The first-order valence-electron chi connectivity index (χ1n) is 7.58. The summed E-state index contributed by atoms with van der Waals surface area (Å²) in [6.45, 7) is 7.53. The first kappa shape index (κ1) is 14.4. The van der Waals surface area contributed by atoms with Crippen LogP contribution in [0.3, 0.4) is 0 Å². The molecular weight excluding hydrogens is 316 g/mol. The number of benzene rings is 1. The number of rotatable bonds is 2. The van der Waals surface area contributed by atoms with Crippen LogP contribution in [0.25, 0.3) is 0 Å². The fraction of sp³-hybridized carbons (Fsp3) is 0.625. The molecule has 0 bridgehead atoms. The number of fused-ring (bicyclic) bond motifs is 1. The fourth-order valence-electron chi connectivity index (χ4n) is 3.53. The van der Waals surface area contributed by atoms with Crippen molar-refractivity contribution in [3.05, 3.63) is 27.7 Å². The number of piperidine rings is 1. The van der Waals surface area contributed by atoms with Gasteiger partial charge in [0.05, 0.1) is 0 Å². The van der Waals surface area contributed by atoms with E-state index in [0.717, 1.165) is 41.3 Å². The van der Waals surface area contributed by atoms with Crippen LogP contribution in [-0.4, -0.2) is 47.1 Å². The van der Waals surface area contributed by atoms with Crippen molar-refractivity contribution in [3.63, 3.8) is 0 Å². The second-order valence-electron chi connectivity index (χ2n) is 6.15. The lowest BCUT2D eigenvalue weighted by molar-refractivity contribution is 0.0453. The van der Waals surface area contributed by atoms with Gasteiger partial charge in [0.1, 0.15) is 5.75 Å². The molecular formula is C16H23BrN2O.